The van der Waals surface area contributed by atoms with E-state index < -0.39 is 11.7 Å². The zero-order valence-electron chi connectivity index (χ0n) is 15.0. The number of hydrogen-bond acceptors (Lipinski definition) is 6. The first-order chi connectivity index (χ1) is 13.5. The molecule has 0 saturated heterocycles. The van der Waals surface area contributed by atoms with Gasteiger partial charge in [-0.05, 0) is 30.2 Å². The van der Waals surface area contributed by atoms with Crippen LogP contribution < -0.4 is 15.4 Å². The van der Waals surface area contributed by atoms with Crippen molar-refractivity contribution in [3.05, 3.63) is 65.9 Å². The molecule has 146 valence electrons. The first-order valence-electron chi connectivity index (χ1n) is 8.46. The highest BCUT2D eigenvalue weighted by atomic mass is 19.4. The van der Waals surface area contributed by atoms with Crippen molar-refractivity contribution in [2.45, 2.75) is 12.6 Å². The monoisotopic (exact) mass is 389 g/mol. The van der Waals surface area contributed by atoms with Crippen LogP contribution >= 0.6 is 0 Å². The van der Waals surface area contributed by atoms with Crippen molar-refractivity contribution in [3.63, 3.8) is 0 Å². The Morgan fingerprint density at radius 2 is 1.79 bits per heavy atom. The highest BCUT2D eigenvalue weighted by molar-refractivity contribution is 5.61. The molecule has 0 bridgehead atoms. The fraction of sp³-hybridized carbons (Fsp3) is 0.211. The van der Waals surface area contributed by atoms with E-state index in [9.17, 15) is 13.2 Å². The summed E-state index contributed by atoms with van der Waals surface area (Å²) in [6, 6.07) is 12.8. The molecule has 0 unspecified atom stereocenters. The molecule has 0 radical (unpaired) electrons. The molecule has 0 aliphatic heterocycles. The Bertz CT molecular complexity index is 933. The minimum absolute atomic E-state index is 0.101. The molecular formula is C19H18F3N5O. The van der Waals surface area contributed by atoms with E-state index >= 15 is 0 Å². The predicted molar refractivity (Wildman–Crippen MR) is 99.7 cm³/mol. The maximum absolute atomic E-state index is 13.1. The van der Waals surface area contributed by atoms with Gasteiger partial charge in [0.15, 0.2) is 5.82 Å². The lowest BCUT2D eigenvalue weighted by molar-refractivity contribution is -0.136. The second-order valence-electron chi connectivity index (χ2n) is 5.82. The Morgan fingerprint density at radius 1 is 1.04 bits per heavy atom. The first-order valence-corrected chi connectivity index (χ1v) is 8.46. The molecule has 1 aromatic heterocycles. The van der Waals surface area contributed by atoms with Gasteiger partial charge in [0.05, 0.1) is 24.6 Å². The normalized spacial score (nSPS) is 11.1. The molecule has 2 aromatic carbocycles. The third-order valence-electron chi connectivity index (χ3n) is 3.92. The Hall–Kier alpha value is -3.36. The second kappa shape index (κ2) is 8.55. The number of aromatic nitrogens is 3. The van der Waals surface area contributed by atoms with Crippen molar-refractivity contribution in [2.24, 2.45) is 0 Å². The van der Waals surface area contributed by atoms with Gasteiger partial charge in [0.25, 0.3) is 0 Å². The van der Waals surface area contributed by atoms with Crippen LogP contribution in [0.15, 0.2) is 54.7 Å². The molecule has 2 N–H and O–H groups in total. The molecule has 1 heterocycles. The van der Waals surface area contributed by atoms with Gasteiger partial charge in [-0.3, -0.25) is 0 Å². The van der Waals surface area contributed by atoms with Crippen LogP contribution in [-0.4, -0.2) is 28.8 Å². The predicted octanol–water partition coefficient (Wildman–Crippen LogP) is 4.30. The molecule has 3 rings (SSSR count). The van der Waals surface area contributed by atoms with E-state index in [1.807, 2.05) is 24.3 Å². The lowest BCUT2D eigenvalue weighted by atomic mass is 10.1. The largest absolute Gasteiger partial charge is 0.496 e. The smallest absolute Gasteiger partial charge is 0.418 e. The Kier molecular flexibility index (Phi) is 5.93. The summed E-state index contributed by atoms with van der Waals surface area (Å²) in [7, 11) is 1.60. The van der Waals surface area contributed by atoms with Gasteiger partial charge in [0.2, 0.25) is 5.95 Å². The molecule has 28 heavy (non-hydrogen) atoms. The third-order valence-corrected chi connectivity index (χ3v) is 3.92. The van der Waals surface area contributed by atoms with Crippen LogP contribution in [0.5, 0.6) is 5.75 Å². The molecule has 0 atom stereocenters. The van der Waals surface area contributed by atoms with Crippen LogP contribution in [0.25, 0.3) is 0 Å². The van der Waals surface area contributed by atoms with Crippen LogP contribution in [0.1, 0.15) is 11.1 Å². The van der Waals surface area contributed by atoms with Crippen molar-refractivity contribution in [1.29, 1.82) is 0 Å². The van der Waals surface area contributed by atoms with Gasteiger partial charge in [-0.2, -0.15) is 23.3 Å². The molecule has 9 heteroatoms. The molecule has 0 aliphatic rings. The number of nitrogens with one attached hydrogen (secondary N) is 2. The van der Waals surface area contributed by atoms with Gasteiger partial charge < -0.3 is 15.4 Å². The summed E-state index contributed by atoms with van der Waals surface area (Å²) in [6.45, 7) is 0.505. The van der Waals surface area contributed by atoms with Crippen LogP contribution in [0.4, 0.5) is 30.6 Å². The molecule has 0 amide bonds. The van der Waals surface area contributed by atoms with Gasteiger partial charge in [0, 0.05) is 6.54 Å². The lowest BCUT2D eigenvalue weighted by Crippen LogP contribution is -2.11. The second-order valence-corrected chi connectivity index (χ2v) is 5.82. The minimum atomic E-state index is -4.47. The summed E-state index contributed by atoms with van der Waals surface area (Å²) in [4.78, 5) is 4.17. The Balaban J connectivity index is 1.67. The highest BCUT2D eigenvalue weighted by Crippen LogP contribution is 2.35. The number of ether oxygens (including phenoxy) is 1. The number of rotatable bonds is 7. The number of hydrogen-bond donors (Lipinski definition) is 2. The van der Waals surface area contributed by atoms with E-state index in [0.29, 0.717) is 13.0 Å². The van der Waals surface area contributed by atoms with Gasteiger partial charge >= 0.3 is 6.18 Å². The summed E-state index contributed by atoms with van der Waals surface area (Å²) < 4.78 is 44.6. The number of benzene rings is 2. The fourth-order valence-electron chi connectivity index (χ4n) is 2.63. The molecule has 6 nitrogen and oxygen atoms in total. The van der Waals surface area contributed by atoms with E-state index in [4.69, 9.17) is 4.74 Å². The number of nitrogens with zero attached hydrogens (tertiary/aromatic N) is 3. The van der Waals surface area contributed by atoms with Gasteiger partial charge in [-0.15, -0.1) is 5.10 Å². The molecular weight excluding hydrogens is 371 g/mol. The fourth-order valence-corrected chi connectivity index (χ4v) is 2.63. The summed E-state index contributed by atoms with van der Waals surface area (Å²) in [5.74, 6) is 1.15. The zero-order chi connectivity index (χ0) is 20.0. The van der Waals surface area contributed by atoms with E-state index in [1.54, 1.807) is 7.11 Å². The summed E-state index contributed by atoms with van der Waals surface area (Å²) in [6.07, 6.45) is -2.56. The zero-order valence-corrected chi connectivity index (χ0v) is 15.0. The molecule has 0 saturated carbocycles. The summed E-state index contributed by atoms with van der Waals surface area (Å²) >= 11 is 0. The van der Waals surface area contributed by atoms with E-state index in [0.717, 1.165) is 17.4 Å². The SMILES string of the molecule is COc1ccccc1CCNc1nncc(Nc2ccccc2C(F)(F)F)n1. The molecule has 0 spiro atoms. The molecule has 0 fully saturated rings. The summed E-state index contributed by atoms with van der Waals surface area (Å²) in [5.41, 5.74) is 0.133. The Morgan fingerprint density at radius 3 is 2.57 bits per heavy atom. The number of methoxy groups -OCH3 is 1. The average Bonchev–Trinajstić information content (AvgIpc) is 2.68. The minimum Gasteiger partial charge on any atom is -0.496 e. The maximum atomic E-state index is 13.1. The van der Waals surface area contributed by atoms with Crippen LogP contribution in [-0.2, 0) is 12.6 Å². The topological polar surface area (TPSA) is 72.0 Å². The van der Waals surface area contributed by atoms with E-state index in [1.165, 1.54) is 24.4 Å². The molecule has 0 aliphatic carbocycles. The van der Waals surface area contributed by atoms with Crippen molar-refractivity contribution in [2.75, 3.05) is 24.3 Å². The number of halogens is 3. The van der Waals surface area contributed by atoms with Crippen molar-refractivity contribution < 1.29 is 17.9 Å². The maximum Gasteiger partial charge on any atom is 0.418 e. The average molecular weight is 389 g/mol. The first kappa shape index (κ1) is 19.4. The molecule has 3 aromatic rings. The van der Waals surface area contributed by atoms with Crippen molar-refractivity contribution in [3.8, 4) is 5.75 Å². The van der Waals surface area contributed by atoms with Crippen LogP contribution in [0.2, 0.25) is 0 Å². The highest BCUT2D eigenvalue weighted by Gasteiger charge is 2.33. The van der Waals surface area contributed by atoms with Crippen LogP contribution in [0.3, 0.4) is 0 Å². The van der Waals surface area contributed by atoms with Crippen molar-refractivity contribution >= 4 is 17.5 Å². The quantitative estimate of drug-likeness (QED) is 0.628. The number of para-hydroxylation sites is 2. The number of alkyl halides is 3. The third kappa shape index (κ3) is 4.87. The van der Waals surface area contributed by atoms with Crippen LogP contribution in [0, 0.1) is 0 Å². The van der Waals surface area contributed by atoms with Gasteiger partial charge in [0.1, 0.15) is 5.75 Å². The van der Waals surface area contributed by atoms with E-state index in [2.05, 4.69) is 25.8 Å². The Labute approximate surface area is 159 Å². The van der Waals surface area contributed by atoms with Gasteiger partial charge in [-0.1, -0.05) is 30.3 Å². The van der Waals surface area contributed by atoms with Gasteiger partial charge in [-0.25, -0.2) is 0 Å². The van der Waals surface area contributed by atoms with Crippen molar-refractivity contribution in [1.82, 2.24) is 15.2 Å². The lowest BCUT2D eigenvalue weighted by Gasteiger charge is -2.14. The number of anilines is 3. The van der Waals surface area contributed by atoms with E-state index in [-0.39, 0.29) is 17.5 Å². The standard InChI is InChI=1S/C19H18F3N5O/c1-28-16-9-5-2-6-13(16)10-11-23-18-26-17(12-24-27-18)25-15-8-4-3-7-14(15)19(20,21)22/h2-9,12H,10-11H2,1H3,(H2,23,25,26,27). The summed E-state index contributed by atoms with van der Waals surface area (Å²) in [5, 5.41) is 13.3.